The van der Waals surface area contributed by atoms with Crippen molar-refractivity contribution < 1.29 is 19.4 Å². The topological polar surface area (TPSA) is 75.6 Å². The zero-order chi connectivity index (χ0) is 17.2. The maximum Gasteiger partial charge on any atom is 0.347 e. The van der Waals surface area contributed by atoms with Crippen molar-refractivity contribution in [1.82, 2.24) is 5.32 Å². The second kappa shape index (κ2) is 10.4. The van der Waals surface area contributed by atoms with Gasteiger partial charge in [-0.05, 0) is 12.3 Å². The van der Waals surface area contributed by atoms with Crippen LogP contribution in [0.15, 0.2) is 11.3 Å². The highest BCUT2D eigenvalue weighted by Gasteiger charge is 2.30. The van der Waals surface area contributed by atoms with E-state index in [-0.39, 0.29) is 17.9 Å². The minimum absolute atomic E-state index is 0.190. The Bertz CT molecular complexity index is 446. The van der Waals surface area contributed by atoms with Gasteiger partial charge < -0.3 is 15.2 Å². The Balaban J connectivity index is 1.72. The molecule has 0 aromatic rings. The molecule has 1 heterocycles. The third kappa shape index (κ3) is 6.17. The molecule has 0 bridgehead atoms. The van der Waals surface area contributed by atoms with Gasteiger partial charge in [-0.1, -0.05) is 70.6 Å². The van der Waals surface area contributed by atoms with Crippen LogP contribution >= 0.6 is 0 Å². The van der Waals surface area contributed by atoms with E-state index >= 15 is 0 Å². The van der Waals surface area contributed by atoms with Gasteiger partial charge in [-0.3, -0.25) is 4.79 Å². The van der Waals surface area contributed by atoms with Crippen molar-refractivity contribution in [2.24, 2.45) is 5.92 Å². The van der Waals surface area contributed by atoms with E-state index in [1.807, 2.05) is 0 Å². The fourth-order valence-corrected chi connectivity index (χ4v) is 3.63. The molecule has 1 fully saturated rings. The Morgan fingerprint density at radius 2 is 1.54 bits per heavy atom. The van der Waals surface area contributed by atoms with Gasteiger partial charge in [-0.15, -0.1) is 0 Å². The van der Waals surface area contributed by atoms with Crippen LogP contribution in [-0.4, -0.2) is 30.1 Å². The molecule has 0 aromatic carbocycles. The van der Waals surface area contributed by atoms with E-state index < -0.39 is 11.9 Å². The van der Waals surface area contributed by atoms with Crippen LogP contribution in [0, 0.1) is 5.92 Å². The smallest absolute Gasteiger partial charge is 0.347 e. The van der Waals surface area contributed by atoms with Crippen molar-refractivity contribution in [3.63, 3.8) is 0 Å². The highest BCUT2D eigenvalue weighted by atomic mass is 16.5. The molecule has 0 atom stereocenters. The van der Waals surface area contributed by atoms with Crippen LogP contribution < -0.4 is 5.32 Å². The number of nitrogens with one attached hydrogen (secondary N) is 1. The molecule has 2 aliphatic rings. The Kier molecular flexibility index (Phi) is 8.13. The lowest BCUT2D eigenvalue weighted by atomic mass is 9.90. The SMILES string of the molecule is O=C(NCCC1CCCCCCCCCCC1)C1=C(O)COC1=O. The summed E-state index contributed by atoms with van der Waals surface area (Å²) in [6.45, 7) is 0.359. The number of ether oxygens (including phenoxy) is 1. The molecule has 2 N–H and O–H groups in total. The van der Waals surface area contributed by atoms with Crippen LogP contribution in [0.25, 0.3) is 0 Å². The Hall–Kier alpha value is -1.52. The first-order valence-electron chi connectivity index (χ1n) is 9.56. The largest absolute Gasteiger partial charge is 0.508 e. The van der Waals surface area contributed by atoms with E-state index in [9.17, 15) is 14.7 Å². The Morgan fingerprint density at radius 1 is 1.00 bits per heavy atom. The molecule has 0 saturated heterocycles. The molecule has 5 nitrogen and oxygen atoms in total. The molecular weight excluding hydrogens is 306 g/mol. The van der Waals surface area contributed by atoms with Gasteiger partial charge >= 0.3 is 5.97 Å². The molecule has 2 rings (SSSR count). The molecule has 0 unspecified atom stereocenters. The van der Waals surface area contributed by atoms with E-state index in [0.717, 1.165) is 6.42 Å². The maximum atomic E-state index is 12.0. The molecular formula is C19H31NO4. The monoisotopic (exact) mass is 337 g/mol. The number of hydrogen-bond donors (Lipinski definition) is 2. The first kappa shape index (κ1) is 18.8. The van der Waals surface area contributed by atoms with Gasteiger partial charge in [0.25, 0.3) is 5.91 Å². The molecule has 1 saturated carbocycles. The Labute approximate surface area is 144 Å². The number of cyclic esters (lactones) is 1. The molecule has 1 amide bonds. The summed E-state index contributed by atoms with van der Waals surface area (Å²) in [5.41, 5.74) is -0.228. The van der Waals surface area contributed by atoms with Crippen molar-refractivity contribution in [2.75, 3.05) is 13.2 Å². The summed E-state index contributed by atoms with van der Waals surface area (Å²) in [5.74, 6) is -0.856. The Morgan fingerprint density at radius 3 is 2.04 bits per heavy atom. The van der Waals surface area contributed by atoms with Gasteiger partial charge in [0.2, 0.25) is 0 Å². The number of amides is 1. The molecule has 136 valence electrons. The predicted molar refractivity (Wildman–Crippen MR) is 92.5 cm³/mol. The number of carbonyl (C=O) groups excluding carboxylic acids is 2. The highest BCUT2D eigenvalue weighted by molar-refractivity contribution is 6.17. The molecule has 1 aliphatic heterocycles. The molecule has 1 aliphatic carbocycles. The van der Waals surface area contributed by atoms with Gasteiger partial charge in [0, 0.05) is 6.54 Å². The standard InChI is InChI=1S/C19H31NO4/c21-16-14-24-19(23)17(16)18(22)20-13-12-15-10-8-6-4-2-1-3-5-7-9-11-15/h15,21H,1-14H2,(H,20,22). The second-order valence-corrected chi connectivity index (χ2v) is 7.07. The van der Waals surface area contributed by atoms with Crippen LogP contribution in [0.2, 0.25) is 0 Å². The van der Waals surface area contributed by atoms with Crippen LogP contribution in [0.4, 0.5) is 0 Å². The zero-order valence-corrected chi connectivity index (χ0v) is 14.6. The first-order valence-corrected chi connectivity index (χ1v) is 9.56. The number of aliphatic hydroxyl groups is 1. The third-order valence-corrected chi connectivity index (χ3v) is 5.12. The highest BCUT2D eigenvalue weighted by Crippen LogP contribution is 2.23. The van der Waals surface area contributed by atoms with Crippen molar-refractivity contribution in [3.8, 4) is 0 Å². The summed E-state index contributed by atoms with van der Waals surface area (Å²) < 4.78 is 4.65. The van der Waals surface area contributed by atoms with Gasteiger partial charge in [-0.2, -0.15) is 0 Å². The summed E-state index contributed by atoms with van der Waals surface area (Å²) in [4.78, 5) is 23.4. The van der Waals surface area contributed by atoms with Crippen LogP contribution in [0.3, 0.4) is 0 Å². The number of hydrogen-bond acceptors (Lipinski definition) is 4. The van der Waals surface area contributed by atoms with Crippen molar-refractivity contribution in [3.05, 3.63) is 11.3 Å². The fourth-order valence-electron chi connectivity index (χ4n) is 3.63. The average molecular weight is 337 g/mol. The lowest BCUT2D eigenvalue weighted by Crippen LogP contribution is -2.30. The first-order chi connectivity index (χ1) is 11.7. The molecule has 0 radical (unpaired) electrons. The second-order valence-electron chi connectivity index (χ2n) is 7.07. The summed E-state index contributed by atoms with van der Waals surface area (Å²) in [7, 11) is 0. The van der Waals surface area contributed by atoms with E-state index in [1.54, 1.807) is 0 Å². The predicted octanol–water partition coefficient (Wildman–Crippen LogP) is 3.78. The quantitative estimate of drug-likeness (QED) is 0.604. The normalized spacial score (nSPS) is 21.8. The van der Waals surface area contributed by atoms with E-state index in [1.165, 1.54) is 70.6 Å². The summed E-state index contributed by atoms with van der Waals surface area (Å²) in [6, 6.07) is 0. The van der Waals surface area contributed by atoms with E-state index in [2.05, 4.69) is 10.1 Å². The molecule has 24 heavy (non-hydrogen) atoms. The molecule has 5 heteroatoms. The van der Waals surface area contributed by atoms with Crippen molar-refractivity contribution >= 4 is 11.9 Å². The van der Waals surface area contributed by atoms with Crippen LogP contribution in [-0.2, 0) is 14.3 Å². The lowest BCUT2D eigenvalue weighted by molar-refractivity contribution is -0.137. The third-order valence-electron chi connectivity index (χ3n) is 5.12. The number of esters is 1. The minimum Gasteiger partial charge on any atom is -0.508 e. The summed E-state index contributed by atoms with van der Waals surface area (Å²) in [6.07, 6.45) is 15.4. The number of aliphatic hydroxyl groups excluding tert-OH is 1. The molecule has 0 aromatic heterocycles. The average Bonchev–Trinajstić information content (AvgIpc) is 2.88. The summed E-state index contributed by atoms with van der Waals surface area (Å²) >= 11 is 0. The van der Waals surface area contributed by atoms with E-state index in [0.29, 0.717) is 12.5 Å². The van der Waals surface area contributed by atoms with Gasteiger partial charge in [0.05, 0.1) is 0 Å². The summed E-state index contributed by atoms with van der Waals surface area (Å²) in [5, 5.41) is 12.3. The van der Waals surface area contributed by atoms with Crippen LogP contribution in [0.5, 0.6) is 0 Å². The lowest BCUT2D eigenvalue weighted by Gasteiger charge is -2.18. The fraction of sp³-hybridized carbons (Fsp3) is 0.789. The van der Waals surface area contributed by atoms with Gasteiger partial charge in [0.1, 0.15) is 12.4 Å². The maximum absolute atomic E-state index is 12.0. The minimum atomic E-state index is -0.726. The van der Waals surface area contributed by atoms with Crippen molar-refractivity contribution in [1.29, 1.82) is 0 Å². The van der Waals surface area contributed by atoms with Crippen LogP contribution in [0.1, 0.15) is 77.0 Å². The van der Waals surface area contributed by atoms with Crippen molar-refractivity contribution in [2.45, 2.75) is 77.0 Å². The molecule has 0 spiro atoms. The van der Waals surface area contributed by atoms with Gasteiger partial charge in [-0.25, -0.2) is 4.79 Å². The number of rotatable bonds is 4. The van der Waals surface area contributed by atoms with Gasteiger partial charge in [0.15, 0.2) is 5.57 Å². The van der Waals surface area contributed by atoms with E-state index in [4.69, 9.17) is 0 Å². The number of carbonyl (C=O) groups is 2. The zero-order valence-electron chi connectivity index (χ0n) is 14.6.